The zero-order valence-electron chi connectivity index (χ0n) is 13.4. The molecule has 7 heteroatoms. The van der Waals surface area contributed by atoms with E-state index in [4.69, 9.17) is 16.3 Å². The van der Waals surface area contributed by atoms with Gasteiger partial charge in [-0.2, -0.15) is 0 Å². The summed E-state index contributed by atoms with van der Waals surface area (Å²) in [6.07, 6.45) is 1.52. The molecule has 26 heavy (non-hydrogen) atoms. The van der Waals surface area contributed by atoms with Gasteiger partial charge in [0, 0.05) is 22.0 Å². The van der Waals surface area contributed by atoms with Gasteiger partial charge < -0.3 is 10.1 Å². The van der Waals surface area contributed by atoms with Crippen LogP contribution < -0.4 is 10.1 Å². The molecule has 4 nitrogen and oxygen atoms in total. The molecule has 0 bridgehead atoms. The fraction of sp³-hybridized carbons (Fsp3) is 0.0526. The van der Waals surface area contributed by atoms with Crippen molar-refractivity contribution in [3.8, 4) is 5.75 Å². The molecule has 0 unspecified atom stereocenters. The Morgan fingerprint density at radius 1 is 1.12 bits per heavy atom. The zero-order valence-corrected chi connectivity index (χ0v) is 15.0. The molecule has 2 aromatic carbocycles. The van der Waals surface area contributed by atoms with Gasteiger partial charge in [0.15, 0.2) is 0 Å². The second kappa shape index (κ2) is 7.27. The van der Waals surface area contributed by atoms with Crippen LogP contribution in [-0.4, -0.2) is 9.97 Å². The fourth-order valence-electron chi connectivity index (χ4n) is 2.49. The third-order valence-electron chi connectivity index (χ3n) is 3.82. The van der Waals surface area contributed by atoms with Crippen molar-refractivity contribution in [1.29, 1.82) is 0 Å². The Labute approximate surface area is 158 Å². The molecule has 0 radical (unpaired) electrons. The van der Waals surface area contributed by atoms with E-state index in [0.717, 1.165) is 16.6 Å². The molecule has 0 spiro atoms. The summed E-state index contributed by atoms with van der Waals surface area (Å²) in [7, 11) is 0. The first-order valence-corrected chi connectivity index (χ1v) is 9.12. The molecule has 4 rings (SSSR count). The number of rotatable bonds is 5. The fourth-order valence-corrected chi connectivity index (χ4v) is 3.48. The number of benzene rings is 2. The Balaban J connectivity index is 1.51. The van der Waals surface area contributed by atoms with E-state index >= 15 is 0 Å². The molecule has 0 atom stereocenters. The Bertz CT molecular complexity index is 1070. The number of ether oxygens (including phenoxy) is 1. The van der Waals surface area contributed by atoms with Crippen molar-refractivity contribution in [1.82, 2.24) is 9.97 Å². The van der Waals surface area contributed by atoms with Gasteiger partial charge in [0.1, 0.15) is 30.3 Å². The third-order valence-corrected chi connectivity index (χ3v) is 4.84. The van der Waals surface area contributed by atoms with Crippen LogP contribution in [0.2, 0.25) is 5.02 Å². The SMILES string of the molecule is Fc1ccccc1COc1ccc(Nc2ncnc3cscc23)cc1Cl. The van der Waals surface area contributed by atoms with Crippen LogP contribution in [0.15, 0.2) is 59.6 Å². The topological polar surface area (TPSA) is 47.0 Å². The second-order valence-electron chi connectivity index (χ2n) is 5.54. The standard InChI is InChI=1S/C19H13ClFN3OS/c20-15-7-13(24-19-14-9-26-10-17(14)22-11-23-19)5-6-18(15)25-8-12-3-1-2-4-16(12)21/h1-7,9-11H,8H2,(H,22,23,24). The molecule has 0 aliphatic heterocycles. The summed E-state index contributed by atoms with van der Waals surface area (Å²) in [6.45, 7) is 0.112. The van der Waals surface area contributed by atoms with Gasteiger partial charge in [-0.15, -0.1) is 11.3 Å². The molecule has 0 saturated heterocycles. The summed E-state index contributed by atoms with van der Waals surface area (Å²) < 4.78 is 19.3. The van der Waals surface area contributed by atoms with Gasteiger partial charge in [0.25, 0.3) is 0 Å². The number of fused-ring (bicyclic) bond motifs is 1. The van der Waals surface area contributed by atoms with Gasteiger partial charge in [-0.25, -0.2) is 14.4 Å². The molecule has 0 aliphatic rings. The zero-order chi connectivity index (χ0) is 17.9. The van der Waals surface area contributed by atoms with Crippen molar-refractivity contribution in [2.45, 2.75) is 6.61 Å². The van der Waals surface area contributed by atoms with E-state index in [1.165, 1.54) is 12.4 Å². The highest BCUT2D eigenvalue weighted by molar-refractivity contribution is 7.09. The van der Waals surface area contributed by atoms with Crippen LogP contribution in [0.1, 0.15) is 5.56 Å². The van der Waals surface area contributed by atoms with Crippen LogP contribution in [0.5, 0.6) is 5.75 Å². The number of nitrogens with zero attached hydrogens (tertiary/aromatic N) is 2. The maximum atomic E-state index is 13.7. The third kappa shape index (κ3) is 3.47. The van der Waals surface area contributed by atoms with Crippen LogP contribution >= 0.6 is 22.9 Å². The summed E-state index contributed by atoms with van der Waals surface area (Å²) >= 11 is 7.88. The predicted octanol–water partition coefficient (Wildman–Crippen LogP) is 5.81. The number of aromatic nitrogens is 2. The molecule has 0 fully saturated rings. The number of nitrogens with one attached hydrogen (secondary N) is 1. The van der Waals surface area contributed by atoms with E-state index in [0.29, 0.717) is 22.2 Å². The number of hydrogen-bond donors (Lipinski definition) is 1. The minimum Gasteiger partial charge on any atom is -0.487 e. The maximum absolute atomic E-state index is 13.7. The number of thiophene rings is 1. The van der Waals surface area contributed by atoms with E-state index in [1.807, 2.05) is 16.8 Å². The second-order valence-corrected chi connectivity index (χ2v) is 6.69. The largest absolute Gasteiger partial charge is 0.487 e. The van der Waals surface area contributed by atoms with Crippen LogP contribution in [0.25, 0.3) is 10.9 Å². The number of halogens is 2. The summed E-state index contributed by atoms with van der Waals surface area (Å²) in [5.41, 5.74) is 2.15. The van der Waals surface area contributed by atoms with Gasteiger partial charge >= 0.3 is 0 Å². The van der Waals surface area contributed by atoms with Gasteiger partial charge in [0.05, 0.1) is 15.9 Å². The quantitative estimate of drug-likeness (QED) is 0.471. The van der Waals surface area contributed by atoms with Crippen LogP contribution in [-0.2, 0) is 6.61 Å². The van der Waals surface area contributed by atoms with Crippen molar-refractivity contribution in [3.05, 3.63) is 76.0 Å². The van der Waals surface area contributed by atoms with E-state index < -0.39 is 0 Å². The Morgan fingerprint density at radius 2 is 2.00 bits per heavy atom. The van der Waals surface area contributed by atoms with E-state index in [2.05, 4.69) is 15.3 Å². The van der Waals surface area contributed by atoms with E-state index in [1.54, 1.807) is 41.7 Å². The van der Waals surface area contributed by atoms with Gasteiger partial charge in [0.2, 0.25) is 0 Å². The number of hydrogen-bond acceptors (Lipinski definition) is 5. The smallest absolute Gasteiger partial charge is 0.142 e. The molecular weight excluding hydrogens is 373 g/mol. The van der Waals surface area contributed by atoms with Crippen molar-refractivity contribution in [2.75, 3.05) is 5.32 Å². The van der Waals surface area contributed by atoms with Gasteiger partial charge in [-0.1, -0.05) is 29.8 Å². The van der Waals surface area contributed by atoms with Gasteiger partial charge in [-0.05, 0) is 24.3 Å². The lowest BCUT2D eigenvalue weighted by atomic mass is 10.2. The Kier molecular flexibility index (Phi) is 4.69. The average molecular weight is 386 g/mol. The highest BCUT2D eigenvalue weighted by Gasteiger charge is 2.09. The molecule has 2 aromatic heterocycles. The van der Waals surface area contributed by atoms with Crippen molar-refractivity contribution in [2.24, 2.45) is 0 Å². The van der Waals surface area contributed by atoms with Crippen molar-refractivity contribution in [3.63, 3.8) is 0 Å². The molecule has 0 amide bonds. The molecule has 0 aliphatic carbocycles. The molecule has 4 aromatic rings. The first kappa shape index (κ1) is 16.8. The minimum atomic E-state index is -0.301. The lowest BCUT2D eigenvalue weighted by Gasteiger charge is -2.11. The molecule has 2 heterocycles. The van der Waals surface area contributed by atoms with E-state index in [9.17, 15) is 4.39 Å². The Morgan fingerprint density at radius 3 is 2.85 bits per heavy atom. The summed E-state index contributed by atoms with van der Waals surface area (Å²) in [6, 6.07) is 11.8. The summed E-state index contributed by atoms with van der Waals surface area (Å²) in [5, 5.41) is 8.58. The van der Waals surface area contributed by atoms with Gasteiger partial charge in [-0.3, -0.25) is 0 Å². The summed E-state index contributed by atoms with van der Waals surface area (Å²) in [4.78, 5) is 8.50. The highest BCUT2D eigenvalue weighted by Crippen LogP contribution is 2.31. The number of anilines is 2. The average Bonchev–Trinajstić information content (AvgIpc) is 3.12. The lowest BCUT2D eigenvalue weighted by molar-refractivity contribution is 0.300. The van der Waals surface area contributed by atoms with Crippen LogP contribution in [0.3, 0.4) is 0 Å². The first-order chi connectivity index (χ1) is 12.7. The molecular formula is C19H13ClFN3OS. The maximum Gasteiger partial charge on any atom is 0.142 e. The lowest BCUT2D eigenvalue weighted by Crippen LogP contribution is -1.99. The van der Waals surface area contributed by atoms with Crippen molar-refractivity contribution < 1.29 is 9.13 Å². The molecule has 0 saturated carbocycles. The Hall–Kier alpha value is -2.70. The molecule has 130 valence electrons. The highest BCUT2D eigenvalue weighted by atomic mass is 35.5. The van der Waals surface area contributed by atoms with Crippen LogP contribution in [0, 0.1) is 5.82 Å². The predicted molar refractivity (Wildman–Crippen MR) is 103 cm³/mol. The summed E-state index contributed by atoms with van der Waals surface area (Å²) in [5.74, 6) is 0.904. The van der Waals surface area contributed by atoms with E-state index in [-0.39, 0.29) is 12.4 Å². The normalized spacial score (nSPS) is 10.8. The monoisotopic (exact) mass is 385 g/mol. The van der Waals surface area contributed by atoms with Crippen molar-refractivity contribution >= 4 is 45.3 Å². The molecule has 1 N–H and O–H groups in total. The van der Waals surface area contributed by atoms with Crippen LogP contribution in [0.4, 0.5) is 15.9 Å². The first-order valence-electron chi connectivity index (χ1n) is 7.80. The minimum absolute atomic E-state index is 0.112.